The van der Waals surface area contributed by atoms with Crippen LogP contribution in [0.4, 0.5) is 0 Å². The molecule has 0 saturated carbocycles. The van der Waals surface area contributed by atoms with E-state index in [2.05, 4.69) is 29.3 Å². The average Bonchev–Trinajstić information content (AvgIpc) is 2.25. The van der Waals surface area contributed by atoms with Crippen molar-refractivity contribution in [2.45, 2.75) is 13.5 Å². The molecule has 16 heavy (non-hydrogen) atoms. The predicted octanol–water partition coefficient (Wildman–Crippen LogP) is 2.48. The van der Waals surface area contributed by atoms with E-state index in [0.29, 0.717) is 0 Å². The third kappa shape index (κ3) is 3.63. The normalized spacial score (nSPS) is 16.9. The third-order valence-electron chi connectivity index (χ3n) is 2.84. The van der Waals surface area contributed by atoms with Crippen LogP contribution < -0.4 is 5.32 Å². The lowest BCUT2D eigenvalue weighted by Gasteiger charge is -2.27. The van der Waals surface area contributed by atoms with Crippen LogP contribution in [0.2, 0.25) is 5.02 Å². The van der Waals surface area contributed by atoms with E-state index < -0.39 is 0 Å². The lowest BCUT2D eigenvalue weighted by atomic mass is 10.1. The molecule has 1 aromatic rings. The standard InChI is InChI=1S/C12H17ClN2.ClH/c1-10-8-11(2-3-12(10)13)9-15-6-4-14-5-7-15;/h2-3,8,14H,4-7,9H2,1H3;1H. The van der Waals surface area contributed by atoms with Crippen molar-refractivity contribution in [2.75, 3.05) is 26.2 Å². The Morgan fingerprint density at radius 3 is 2.62 bits per heavy atom. The largest absolute Gasteiger partial charge is 0.314 e. The van der Waals surface area contributed by atoms with Crippen molar-refractivity contribution < 1.29 is 0 Å². The van der Waals surface area contributed by atoms with E-state index in [-0.39, 0.29) is 12.4 Å². The molecule has 0 aliphatic carbocycles. The minimum atomic E-state index is 0. The van der Waals surface area contributed by atoms with Crippen molar-refractivity contribution in [2.24, 2.45) is 0 Å². The zero-order valence-electron chi connectivity index (χ0n) is 9.50. The molecule has 0 spiro atoms. The first-order valence-corrected chi connectivity index (χ1v) is 5.81. The van der Waals surface area contributed by atoms with Crippen LogP contribution in [0.25, 0.3) is 0 Å². The van der Waals surface area contributed by atoms with Crippen molar-refractivity contribution in [3.63, 3.8) is 0 Å². The number of hydrogen-bond donors (Lipinski definition) is 1. The fraction of sp³-hybridized carbons (Fsp3) is 0.500. The van der Waals surface area contributed by atoms with E-state index in [4.69, 9.17) is 11.6 Å². The monoisotopic (exact) mass is 260 g/mol. The molecule has 1 saturated heterocycles. The summed E-state index contributed by atoms with van der Waals surface area (Å²) in [6, 6.07) is 6.30. The van der Waals surface area contributed by atoms with E-state index in [9.17, 15) is 0 Å². The van der Waals surface area contributed by atoms with Gasteiger partial charge in [0.1, 0.15) is 0 Å². The Kier molecular flexibility index (Phi) is 5.56. The number of rotatable bonds is 2. The molecule has 1 aliphatic heterocycles. The Morgan fingerprint density at radius 2 is 2.00 bits per heavy atom. The highest BCUT2D eigenvalue weighted by molar-refractivity contribution is 6.31. The summed E-state index contributed by atoms with van der Waals surface area (Å²) in [5.41, 5.74) is 2.53. The van der Waals surface area contributed by atoms with Crippen LogP contribution in [0.15, 0.2) is 18.2 Å². The zero-order chi connectivity index (χ0) is 10.7. The number of hydrogen-bond acceptors (Lipinski definition) is 2. The molecule has 1 fully saturated rings. The molecule has 2 rings (SSSR count). The van der Waals surface area contributed by atoms with Gasteiger partial charge in [0.2, 0.25) is 0 Å². The second-order valence-electron chi connectivity index (χ2n) is 4.11. The van der Waals surface area contributed by atoms with Gasteiger partial charge in [0.25, 0.3) is 0 Å². The van der Waals surface area contributed by atoms with E-state index >= 15 is 0 Å². The van der Waals surface area contributed by atoms with Gasteiger partial charge in [0.05, 0.1) is 0 Å². The molecular formula is C12H18Cl2N2. The van der Waals surface area contributed by atoms with Crippen LogP contribution in [-0.2, 0) is 6.54 Å². The van der Waals surface area contributed by atoms with Gasteiger partial charge >= 0.3 is 0 Å². The van der Waals surface area contributed by atoms with E-state index in [0.717, 1.165) is 37.7 Å². The maximum absolute atomic E-state index is 6.00. The van der Waals surface area contributed by atoms with Gasteiger partial charge < -0.3 is 5.32 Å². The smallest absolute Gasteiger partial charge is 0.0435 e. The van der Waals surface area contributed by atoms with Crippen LogP contribution in [0.5, 0.6) is 0 Å². The summed E-state index contributed by atoms with van der Waals surface area (Å²) < 4.78 is 0. The third-order valence-corrected chi connectivity index (χ3v) is 3.26. The number of nitrogens with one attached hydrogen (secondary N) is 1. The van der Waals surface area contributed by atoms with Crippen LogP contribution in [-0.4, -0.2) is 31.1 Å². The summed E-state index contributed by atoms with van der Waals surface area (Å²) in [5.74, 6) is 0. The molecule has 90 valence electrons. The highest BCUT2D eigenvalue weighted by atomic mass is 35.5. The summed E-state index contributed by atoms with van der Waals surface area (Å²) in [7, 11) is 0. The predicted molar refractivity (Wildman–Crippen MR) is 71.6 cm³/mol. The molecular weight excluding hydrogens is 243 g/mol. The number of benzene rings is 1. The Labute approximate surface area is 108 Å². The van der Waals surface area contributed by atoms with Crippen molar-refractivity contribution >= 4 is 24.0 Å². The number of piperazine rings is 1. The molecule has 0 unspecified atom stereocenters. The lowest BCUT2D eigenvalue weighted by Crippen LogP contribution is -2.42. The van der Waals surface area contributed by atoms with Crippen LogP contribution in [0.1, 0.15) is 11.1 Å². The molecule has 0 bridgehead atoms. The van der Waals surface area contributed by atoms with Gasteiger partial charge in [-0.1, -0.05) is 23.7 Å². The SMILES string of the molecule is Cc1cc(CN2CCNCC2)ccc1Cl.Cl. The van der Waals surface area contributed by atoms with E-state index in [1.165, 1.54) is 11.1 Å². The van der Waals surface area contributed by atoms with Crippen LogP contribution >= 0.6 is 24.0 Å². The van der Waals surface area contributed by atoms with Crippen LogP contribution in [0, 0.1) is 6.92 Å². The highest BCUT2D eigenvalue weighted by Gasteiger charge is 2.09. The lowest BCUT2D eigenvalue weighted by molar-refractivity contribution is 0.233. The van der Waals surface area contributed by atoms with Crippen LogP contribution in [0.3, 0.4) is 0 Å². The molecule has 1 aromatic carbocycles. The molecule has 0 atom stereocenters. The number of aryl methyl sites for hydroxylation is 1. The Hall–Kier alpha value is -0.280. The first-order chi connectivity index (χ1) is 7.25. The second-order valence-corrected chi connectivity index (χ2v) is 4.52. The molecule has 4 heteroatoms. The molecule has 0 amide bonds. The Bertz CT molecular complexity index is 336. The van der Waals surface area contributed by atoms with Gasteiger partial charge in [-0.2, -0.15) is 0 Å². The first-order valence-electron chi connectivity index (χ1n) is 5.44. The maximum Gasteiger partial charge on any atom is 0.0435 e. The molecule has 1 N–H and O–H groups in total. The Balaban J connectivity index is 0.00000128. The Morgan fingerprint density at radius 1 is 1.31 bits per heavy atom. The minimum Gasteiger partial charge on any atom is -0.314 e. The quantitative estimate of drug-likeness (QED) is 0.879. The summed E-state index contributed by atoms with van der Waals surface area (Å²) in [6.07, 6.45) is 0. The average molecular weight is 261 g/mol. The van der Waals surface area contributed by atoms with Gasteiger partial charge in [-0.15, -0.1) is 12.4 Å². The summed E-state index contributed by atoms with van der Waals surface area (Å²) in [4.78, 5) is 2.47. The summed E-state index contributed by atoms with van der Waals surface area (Å²) in [6.45, 7) is 7.59. The molecule has 1 heterocycles. The van der Waals surface area contributed by atoms with Crippen molar-refractivity contribution in [3.8, 4) is 0 Å². The van der Waals surface area contributed by atoms with Crippen molar-refractivity contribution in [1.29, 1.82) is 0 Å². The topological polar surface area (TPSA) is 15.3 Å². The fourth-order valence-corrected chi connectivity index (χ4v) is 2.05. The number of nitrogens with zero attached hydrogens (tertiary/aromatic N) is 1. The summed E-state index contributed by atoms with van der Waals surface area (Å²) >= 11 is 6.00. The first kappa shape index (κ1) is 13.8. The van der Waals surface area contributed by atoms with Gasteiger partial charge in [0.15, 0.2) is 0 Å². The fourth-order valence-electron chi connectivity index (χ4n) is 1.93. The highest BCUT2D eigenvalue weighted by Crippen LogP contribution is 2.17. The summed E-state index contributed by atoms with van der Waals surface area (Å²) in [5, 5.41) is 4.22. The minimum absolute atomic E-state index is 0. The van der Waals surface area contributed by atoms with Gasteiger partial charge in [-0.05, 0) is 24.1 Å². The zero-order valence-corrected chi connectivity index (χ0v) is 11.1. The van der Waals surface area contributed by atoms with Gasteiger partial charge in [0, 0.05) is 37.7 Å². The van der Waals surface area contributed by atoms with Gasteiger partial charge in [-0.3, -0.25) is 4.90 Å². The van der Waals surface area contributed by atoms with E-state index in [1.54, 1.807) is 0 Å². The van der Waals surface area contributed by atoms with E-state index in [1.807, 2.05) is 6.07 Å². The van der Waals surface area contributed by atoms with Gasteiger partial charge in [-0.25, -0.2) is 0 Å². The molecule has 0 radical (unpaired) electrons. The van der Waals surface area contributed by atoms with Crippen molar-refractivity contribution in [3.05, 3.63) is 34.3 Å². The number of halogens is 2. The molecule has 1 aliphatic rings. The molecule has 0 aromatic heterocycles. The maximum atomic E-state index is 6.00. The molecule has 2 nitrogen and oxygen atoms in total. The second kappa shape index (κ2) is 6.45. The van der Waals surface area contributed by atoms with Crippen molar-refractivity contribution in [1.82, 2.24) is 10.2 Å².